The number of nitrogens with one attached hydrogen (secondary N) is 1. The van der Waals surface area contributed by atoms with Crippen molar-refractivity contribution in [2.45, 2.75) is 46.7 Å². The highest BCUT2D eigenvalue weighted by Crippen LogP contribution is 2.14. The molecule has 6 nitrogen and oxygen atoms in total. The summed E-state index contributed by atoms with van der Waals surface area (Å²) in [6.45, 7) is 10.5. The van der Waals surface area contributed by atoms with Crippen molar-refractivity contribution >= 4 is 5.82 Å². The monoisotopic (exact) mass is 289 g/mol. The molecule has 0 fully saturated rings. The second kappa shape index (κ2) is 5.35. The lowest BCUT2D eigenvalue weighted by Gasteiger charge is -2.22. The molecule has 2 aromatic rings. The predicted molar refractivity (Wildman–Crippen MR) is 83.5 cm³/mol. The Bertz CT molecular complexity index is 706. The molecule has 114 valence electrons. The average molecular weight is 289 g/mol. The van der Waals surface area contributed by atoms with Crippen molar-refractivity contribution < 1.29 is 0 Å². The van der Waals surface area contributed by atoms with Gasteiger partial charge in [-0.15, -0.1) is 0 Å². The van der Waals surface area contributed by atoms with E-state index in [2.05, 4.69) is 15.4 Å². The molecule has 0 aromatic carbocycles. The third-order valence-corrected chi connectivity index (χ3v) is 3.65. The Balaban J connectivity index is 2.27. The van der Waals surface area contributed by atoms with E-state index in [9.17, 15) is 4.79 Å². The molecule has 2 heterocycles. The Morgan fingerprint density at radius 1 is 1.29 bits per heavy atom. The van der Waals surface area contributed by atoms with Crippen LogP contribution in [0.4, 0.5) is 5.82 Å². The van der Waals surface area contributed by atoms with E-state index in [4.69, 9.17) is 0 Å². The maximum absolute atomic E-state index is 12.4. The molecule has 0 aliphatic rings. The Labute approximate surface area is 124 Å². The standard InChI is InChI=1S/C15H23N5O/c1-10-12(11(2)19(6)18-10)9-17-13-14(21)20(8-7-16-13)15(3,4)5/h7-8H,9H2,1-6H3,(H,16,17). The Hall–Kier alpha value is -2.11. The van der Waals surface area contributed by atoms with Crippen molar-refractivity contribution in [3.63, 3.8) is 0 Å². The van der Waals surface area contributed by atoms with E-state index in [0.29, 0.717) is 12.4 Å². The van der Waals surface area contributed by atoms with Crippen LogP contribution in [0, 0.1) is 13.8 Å². The Kier molecular flexibility index (Phi) is 3.89. The first-order valence-corrected chi connectivity index (χ1v) is 7.03. The van der Waals surface area contributed by atoms with Gasteiger partial charge in [-0.05, 0) is 34.6 Å². The maximum Gasteiger partial charge on any atom is 0.293 e. The van der Waals surface area contributed by atoms with Crippen molar-refractivity contribution in [3.8, 4) is 0 Å². The van der Waals surface area contributed by atoms with Crippen molar-refractivity contribution in [2.24, 2.45) is 7.05 Å². The first-order chi connectivity index (χ1) is 9.71. The summed E-state index contributed by atoms with van der Waals surface area (Å²) in [5, 5.41) is 7.51. The first-order valence-electron chi connectivity index (χ1n) is 7.03. The summed E-state index contributed by atoms with van der Waals surface area (Å²) in [6, 6.07) is 0. The van der Waals surface area contributed by atoms with E-state index in [1.807, 2.05) is 46.3 Å². The van der Waals surface area contributed by atoms with E-state index >= 15 is 0 Å². The van der Waals surface area contributed by atoms with Gasteiger partial charge in [0, 0.05) is 42.8 Å². The molecule has 0 radical (unpaired) electrons. The molecule has 0 amide bonds. The zero-order valence-corrected chi connectivity index (χ0v) is 13.6. The summed E-state index contributed by atoms with van der Waals surface area (Å²) in [4.78, 5) is 16.6. The summed E-state index contributed by atoms with van der Waals surface area (Å²) in [7, 11) is 1.92. The molecule has 0 unspecified atom stereocenters. The van der Waals surface area contributed by atoms with Crippen LogP contribution in [0.2, 0.25) is 0 Å². The molecule has 0 spiro atoms. The molecule has 2 rings (SSSR count). The van der Waals surface area contributed by atoms with E-state index < -0.39 is 0 Å². The van der Waals surface area contributed by atoms with Gasteiger partial charge in [0.05, 0.1) is 5.69 Å². The largest absolute Gasteiger partial charge is 0.361 e. The van der Waals surface area contributed by atoms with Crippen molar-refractivity contribution in [2.75, 3.05) is 5.32 Å². The fourth-order valence-electron chi connectivity index (χ4n) is 2.31. The minimum absolute atomic E-state index is 0.107. The molecule has 0 aliphatic heterocycles. The fraction of sp³-hybridized carbons (Fsp3) is 0.533. The minimum atomic E-state index is -0.267. The molecule has 1 N–H and O–H groups in total. The summed E-state index contributed by atoms with van der Waals surface area (Å²) >= 11 is 0. The minimum Gasteiger partial charge on any atom is -0.361 e. The molecule has 0 saturated heterocycles. The highest BCUT2D eigenvalue weighted by Gasteiger charge is 2.17. The van der Waals surface area contributed by atoms with Gasteiger partial charge >= 0.3 is 0 Å². The molecule has 2 aromatic heterocycles. The Morgan fingerprint density at radius 2 is 1.95 bits per heavy atom. The van der Waals surface area contributed by atoms with Crippen LogP contribution >= 0.6 is 0 Å². The number of hydrogen-bond donors (Lipinski definition) is 1. The molecular weight excluding hydrogens is 266 g/mol. The van der Waals surface area contributed by atoms with E-state index in [-0.39, 0.29) is 11.1 Å². The highest BCUT2D eigenvalue weighted by atomic mass is 16.1. The number of hydrogen-bond acceptors (Lipinski definition) is 4. The van der Waals surface area contributed by atoms with Crippen LogP contribution in [0.1, 0.15) is 37.7 Å². The van der Waals surface area contributed by atoms with Gasteiger partial charge in [0.1, 0.15) is 0 Å². The van der Waals surface area contributed by atoms with Crippen molar-refractivity contribution in [3.05, 3.63) is 39.7 Å². The van der Waals surface area contributed by atoms with Gasteiger partial charge in [0.2, 0.25) is 0 Å². The summed E-state index contributed by atoms with van der Waals surface area (Å²) < 4.78 is 3.53. The molecule has 21 heavy (non-hydrogen) atoms. The van der Waals surface area contributed by atoms with Crippen LogP contribution in [0.15, 0.2) is 17.2 Å². The SMILES string of the molecule is Cc1nn(C)c(C)c1CNc1nccn(C(C)(C)C)c1=O. The highest BCUT2D eigenvalue weighted by molar-refractivity contribution is 5.35. The third-order valence-electron chi connectivity index (χ3n) is 3.65. The number of rotatable bonds is 3. The second-order valence-corrected chi connectivity index (χ2v) is 6.25. The topological polar surface area (TPSA) is 64.7 Å². The number of aromatic nitrogens is 4. The molecule has 0 aliphatic carbocycles. The number of anilines is 1. The molecule has 0 atom stereocenters. The van der Waals surface area contributed by atoms with Crippen LogP contribution in [0.3, 0.4) is 0 Å². The number of aryl methyl sites for hydroxylation is 2. The predicted octanol–water partition coefficient (Wildman–Crippen LogP) is 1.96. The van der Waals surface area contributed by atoms with Crippen LogP contribution < -0.4 is 10.9 Å². The second-order valence-electron chi connectivity index (χ2n) is 6.25. The van der Waals surface area contributed by atoms with E-state index in [1.54, 1.807) is 17.0 Å². The molecule has 0 saturated carbocycles. The van der Waals surface area contributed by atoms with Gasteiger partial charge in [0.25, 0.3) is 5.56 Å². The zero-order valence-electron chi connectivity index (χ0n) is 13.6. The lowest BCUT2D eigenvalue weighted by molar-refractivity contribution is 0.383. The van der Waals surface area contributed by atoms with Crippen LogP contribution in [-0.4, -0.2) is 19.3 Å². The Morgan fingerprint density at radius 3 is 2.48 bits per heavy atom. The van der Waals surface area contributed by atoms with Gasteiger partial charge in [-0.3, -0.25) is 9.48 Å². The van der Waals surface area contributed by atoms with Gasteiger partial charge in [-0.1, -0.05) is 0 Å². The van der Waals surface area contributed by atoms with E-state index in [1.165, 1.54) is 0 Å². The zero-order chi connectivity index (χ0) is 15.8. The van der Waals surface area contributed by atoms with Crippen LogP contribution in [0.5, 0.6) is 0 Å². The van der Waals surface area contributed by atoms with Crippen molar-refractivity contribution in [1.29, 1.82) is 0 Å². The number of nitrogens with zero attached hydrogens (tertiary/aromatic N) is 4. The average Bonchev–Trinajstić information content (AvgIpc) is 2.61. The summed E-state index contributed by atoms with van der Waals surface area (Å²) in [5.41, 5.74) is 2.78. The van der Waals surface area contributed by atoms with Crippen molar-refractivity contribution in [1.82, 2.24) is 19.3 Å². The summed E-state index contributed by atoms with van der Waals surface area (Å²) in [6.07, 6.45) is 3.37. The molecule has 0 bridgehead atoms. The normalized spacial score (nSPS) is 11.7. The molecule has 6 heteroatoms. The van der Waals surface area contributed by atoms with E-state index in [0.717, 1.165) is 17.0 Å². The summed E-state index contributed by atoms with van der Waals surface area (Å²) in [5.74, 6) is 0.370. The fourth-order valence-corrected chi connectivity index (χ4v) is 2.31. The molecular formula is C15H23N5O. The van der Waals surface area contributed by atoms with Gasteiger partial charge in [0.15, 0.2) is 5.82 Å². The maximum atomic E-state index is 12.4. The first kappa shape index (κ1) is 15.3. The quantitative estimate of drug-likeness (QED) is 0.938. The lowest BCUT2D eigenvalue weighted by atomic mass is 10.1. The smallest absolute Gasteiger partial charge is 0.293 e. The third kappa shape index (κ3) is 2.99. The van der Waals surface area contributed by atoms with Gasteiger partial charge in [-0.25, -0.2) is 4.98 Å². The van der Waals surface area contributed by atoms with Crippen LogP contribution in [-0.2, 0) is 19.1 Å². The van der Waals surface area contributed by atoms with Gasteiger partial charge < -0.3 is 9.88 Å². The van der Waals surface area contributed by atoms with Crippen LogP contribution in [0.25, 0.3) is 0 Å². The van der Waals surface area contributed by atoms with Gasteiger partial charge in [-0.2, -0.15) is 5.10 Å². The lowest BCUT2D eigenvalue weighted by Crippen LogP contribution is -2.35.